The number of nitrogens with one attached hydrogen (secondary N) is 1. The summed E-state index contributed by atoms with van der Waals surface area (Å²) >= 11 is 1.99. The van der Waals surface area contributed by atoms with Crippen LogP contribution in [0.3, 0.4) is 0 Å². The lowest BCUT2D eigenvalue weighted by Gasteiger charge is -2.26. The lowest BCUT2D eigenvalue weighted by molar-refractivity contribution is 0.391. The van der Waals surface area contributed by atoms with Gasteiger partial charge in [-0.2, -0.15) is 11.8 Å². The summed E-state index contributed by atoms with van der Waals surface area (Å²) in [5.74, 6) is 3.17. The van der Waals surface area contributed by atoms with Gasteiger partial charge in [-0.1, -0.05) is 29.4 Å². The van der Waals surface area contributed by atoms with E-state index in [0.29, 0.717) is 6.04 Å². The fourth-order valence-corrected chi connectivity index (χ4v) is 3.66. The number of thioether (sulfide) groups is 1. The Hall–Kier alpha value is -1.26. The van der Waals surface area contributed by atoms with Crippen LogP contribution in [0.2, 0.25) is 0 Å². The minimum Gasteiger partial charge on any atom is -0.361 e. The highest BCUT2D eigenvalue weighted by Gasteiger charge is 2.20. The molecule has 19 heavy (non-hydrogen) atoms. The number of benzene rings is 1. The van der Waals surface area contributed by atoms with Crippen LogP contribution in [0, 0.1) is 13.8 Å². The van der Waals surface area contributed by atoms with Gasteiger partial charge >= 0.3 is 0 Å². The topological polar surface area (TPSA) is 38.1 Å². The lowest BCUT2D eigenvalue weighted by Crippen LogP contribution is -2.26. The van der Waals surface area contributed by atoms with E-state index in [1.165, 1.54) is 16.7 Å². The Morgan fingerprint density at radius 1 is 1.37 bits per heavy atom. The Balaban J connectivity index is 1.75. The zero-order chi connectivity index (χ0) is 13.2. The van der Waals surface area contributed by atoms with E-state index in [-0.39, 0.29) is 0 Å². The molecule has 1 aliphatic heterocycles. The Morgan fingerprint density at radius 3 is 3.00 bits per heavy atom. The van der Waals surface area contributed by atoms with E-state index < -0.39 is 0 Å². The Kier molecular flexibility index (Phi) is 3.62. The molecule has 0 saturated carbocycles. The number of fused-ring (bicyclic) bond motifs is 1. The third-order valence-electron chi connectivity index (χ3n) is 3.68. The normalized spacial score (nSPS) is 18.3. The van der Waals surface area contributed by atoms with E-state index in [1.54, 1.807) is 0 Å². The molecule has 2 heterocycles. The molecule has 0 aliphatic carbocycles. The van der Waals surface area contributed by atoms with Crippen LogP contribution >= 0.6 is 11.8 Å². The average Bonchev–Trinajstić information content (AvgIpc) is 2.76. The van der Waals surface area contributed by atoms with E-state index in [9.17, 15) is 0 Å². The first kappa shape index (κ1) is 12.8. The second-order valence-electron chi connectivity index (χ2n) is 4.95. The van der Waals surface area contributed by atoms with Gasteiger partial charge in [0.05, 0.1) is 5.69 Å². The first-order valence-electron chi connectivity index (χ1n) is 6.56. The Bertz CT molecular complexity index is 560. The smallest absolute Gasteiger partial charge is 0.138 e. The van der Waals surface area contributed by atoms with Crippen molar-refractivity contribution in [1.29, 1.82) is 0 Å². The summed E-state index contributed by atoms with van der Waals surface area (Å²) < 4.78 is 5.21. The summed E-state index contributed by atoms with van der Waals surface area (Å²) in [6, 6.07) is 9.13. The Labute approximate surface area is 117 Å². The summed E-state index contributed by atoms with van der Waals surface area (Å²) in [4.78, 5) is 0. The second kappa shape index (κ2) is 5.39. The van der Waals surface area contributed by atoms with Crippen molar-refractivity contribution in [3.05, 3.63) is 52.4 Å². The van der Waals surface area contributed by atoms with Gasteiger partial charge in [0.15, 0.2) is 0 Å². The average molecular weight is 274 g/mol. The summed E-state index contributed by atoms with van der Waals surface area (Å²) in [5, 5.41) is 7.65. The quantitative estimate of drug-likeness (QED) is 0.931. The van der Waals surface area contributed by atoms with Crippen LogP contribution < -0.4 is 5.32 Å². The number of hydrogen-bond acceptors (Lipinski definition) is 4. The minimum atomic E-state index is 0.420. The van der Waals surface area contributed by atoms with Crippen molar-refractivity contribution in [2.75, 3.05) is 5.75 Å². The third-order valence-corrected chi connectivity index (χ3v) is 4.76. The van der Waals surface area contributed by atoms with Crippen molar-refractivity contribution in [3.8, 4) is 0 Å². The SMILES string of the molecule is Cc1noc(C)c1CNC1CSCc2ccccc21. The molecule has 1 aliphatic rings. The maximum atomic E-state index is 5.21. The zero-order valence-electron chi connectivity index (χ0n) is 11.3. The highest BCUT2D eigenvalue weighted by atomic mass is 32.2. The maximum absolute atomic E-state index is 5.21. The van der Waals surface area contributed by atoms with E-state index in [4.69, 9.17) is 4.52 Å². The molecular formula is C15H18N2OS. The fraction of sp³-hybridized carbons (Fsp3) is 0.400. The first-order chi connectivity index (χ1) is 9.25. The van der Waals surface area contributed by atoms with Crippen molar-refractivity contribution in [3.63, 3.8) is 0 Å². The third kappa shape index (κ3) is 2.55. The number of hydrogen-bond donors (Lipinski definition) is 1. The summed E-state index contributed by atoms with van der Waals surface area (Å²) in [6.45, 7) is 4.79. The molecule has 0 fully saturated rings. The van der Waals surface area contributed by atoms with Crippen LogP contribution in [-0.2, 0) is 12.3 Å². The van der Waals surface area contributed by atoms with Crippen molar-refractivity contribution >= 4 is 11.8 Å². The molecule has 2 aromatic rings. The van der Waals surface area contributed by atoms with Crippen LogP contribution in [0.5, 0.6) is 0 Å². The van der Waals surface area contributed by atoms with Gasteiger partial charge in [0, 0.05) is 29.7 Å². The number of rotatable bonds is 3. The molecule has 1 aromatic carbocycles. The van der Waals surface area contributed by atoms with Crippen LogP contribution in [0.25, 0.3) is 0 Å². The molecule has 1 atom stereocenters. The monoisotopic (exact) mass is 274 g/mol. The van der Waals surface area contributed by atoms with Gasteiger partial charge in [-0.25, -0.2) is 0 Å². The van der Waals surface area contributed by atoms with Gasteiger partial charge < -0.3 is 9.84 Å². The summed E-state index contributed by atoms with van der Waals surface area (Å²) in [6.07, 6.45) is 0. The van der Waals surface area contributed by atoms with Gasteiger partial charge in [-0.15, -0.1) is 0 Å². The largest absolute Gasteiger partial charge is 0.361 e. The molecule has 1 unspecified atom stereocenters. The standard InChI is InChI=1S/C15H18N2OS/c1-10-14(11(2)18-17-10)7-16-15-9-19-8-12-5-3-4-6-13(12)15/h3-6,15-16H,7-9H2,1-2H3. The number of aryl methyl sites for hydroxylation is 2. The van der Waals surface area contributed by atoms with Crippen LogP contribution in [0.4, 0.5) is 0 Å². The molecule has 0 spiro atoms. The lowest BCUT2D eigenvalue weighted by atomic mass is 10.0. The molecule has 0 radical (unpaired) electrons. The van der Waals surface area contributed by atoms with Crippen LogP contribution in [-0.4, -0.2) is 10.9 Å². The molecular weight excluding hydrogens is 256 g/mol. The van der Waals surface area contributed by atoms with Crippen molar-refractivity contribution in [2.45, 2.75) is 32.2 Å². The van der Waals surface area contributed by atoms with Crippen molar-refractivity contribution < 1.29 is 4.52 Å². The van der Waals surface area contributed by atoms with E-state index in [1.807, 2.05) is 25.6 Å². The molecule has 1 N–H and O–H groups in total. The van der Waals surface area contributed by atoms with Crippen LogP contribution in [0.15, 0.2) is 28.8 Å². The molecule has 100 valence electrons. The molecule has 1 aromatic heterocycles. The van der Waals surface area contributed by atoms with Crippen LogP contribution in [0.1, 0.15) is 34.2 Å². The van der Waals surface area contributed by atoms with Gasteiger partial charge in [0.1, 0.15) is 5.76 Å². The minimum absolute atomic E-state index is 0.420. The van der Waals surface area contributed by atoms with E-state index >= 15 is 0 Å². The molecule has 3 nitrogen and oxygen atoms in total. The van der Waals surface area contributed by atoms with E-state index in [0.717, 1.165) is 29.5 Å². The zero-order valence-corrected chi connectivity index (χ0v) is 12.1. The second-order valence-corrected chi connectivity index (χ2v) is 5.98. The predicted molar refractivity (Wildman–Crippen MR) is 78.2 cm³/mol. The Morgan fingerprint density at radius 2 is 2.21 bits per heavy atom. The van der Waals surface area contributed by atoms with Gasteiger partial charge in [0.2, 0.25) is 0 Å². The number of aromatic nitrogens is 1. The highest BCUT2D eigenvalue weighted by Crippen LogP contribution is 2.31. The first-order valence-corrected chi connectivity index (χ1v) is 7.72. The van der Waals surface area contributed by atoms with Gasteiger partial charge in [-0.3, -0.25) is 0 Å². The molecule has 3 rings (SSSR count). The number of nitrogens with zero attached hydrogens (tertiary/aromatic N) is 1. The molecule has 0 bridgehead atoms. The highest BCUT2D eigenvalue weighted by molar-refractivity contribution is 7.98. The van der Waals surface area contributed by atoms with E-state index in [2.05, 4.69) is 34.7 Å². The molecule has 0 saturated heterocycles. The summed E-state index contributed by atoms with van der Waals surface area (Å²) in [5.41, 5.74) is 5.07. The van der Waals surface area contributed by atoms with Gasteiger partial charge in [-0.05, 0) is 25.0 Å². The summed E-state index contributed by atoms with van der Waals surface area (Å²) in [7, 11) is 0. The van der Waals surface area contributed by atoms with Crippen molar-refractivity contribution in [1.82, 2.24) is 10.5 Å². The predicted octanol–water partition coefficient (Wildman–Crippen LogP) is 3.37. The molecule has 0 amide bonds. The molecule has 4 heteroatoms. The van der Waals surface area contributed by atoms with Gasteiger partial charge in [0.25, 0.3) is 0 Å². The maximum Gasteiger partial charge on any atom is 0.138 e. The van der Waals surface area contributed by atoms with Crippen molar-refractivity contribution in [2.24, 2.45) is 0 Å². The fourth-order valence-electron chi connectivity index (χ4n) is 2.53.